The van der Waals surface area contributed by atoms with Gasteiger partial charge in [0.25, 0.3) is 0 Å². The van der Waals surface area contributed by atoms with Crippen molar-refractivity contribution in [1.29, 1.82) is 0 Å². The molecule has 1 aromatic heterocycles. The minimum Gasteiger partial charge on any atom is -0.351 e. The SMILES string of the molecule is Cc1nn(-c2ccccc2)c(C)c1CNC(=O)CN. The average Bonchev–Trinajstić information content (AvgIpc) is 2.72. The summed E-state index contributed by atoms with van der Waals surface area (Å²) in [6, 6.07) is 9.92. The van der Waals surface area contributed by atoms with E-state index in [0.29, 0.717) is 6.54 Å². The van der Waals surface area contributed by atoms with Crippen LogP contribution in [0.5, 0.6) is 0 Å². The number of hydrogen-bond acceptors (Lipinski definition) is 3. The summed E-state index contributed by atoms with van der Waals surface area (Å²) in [6.45, 7) is 4.40. The Kier molecular flexibility index (Phi) is 3.97. The van der Waals surface area contributed by atoms with E-state index < -0.39 is 0 Å². The highest BCUT2D eigenvalue weighted by atomic mass is 16.1. The van der Waals surface area contributed by atoms with E-state index in [1.807, 2.05) is 48.9 Å². The average molecular weight is 258 g/mol. The van der Waals surface area contributed by atoms with Crippen molar-refractivity contribution in [1.82, 2.24) is 15.1 Å². The van der Waals surface area contributed by atoms with Gasteiger partial charge in [-0.15, -0.1) is 0 Å². The number of nitrogens with two attached hydrogens (primary N) is 1. The normalized spacial score (nSPS) is 10.5. The van der Waals surface area contributed by atoms with Crippen LogP contribution in [0.15, 0.2) is 30.3 Å². The van der Waals surface area contributed by atoms with Crippen LogP contribution in [0, 0.1) is 13.8 Å². The van der Waals surface area contributed by atoms with E-state index in [2.05, 4.69) is 10.4 Å². The van der Waals surface area contributed by atoms with Gasteiger partial charge in [0.15, 0.2) is 0 Å². The standard InChI is InChI=1S/C14H18N4O/c1-10-13(9-16-14(19)8-15)11(2)18(17-10)12-6-4-3-5-7-12/h3-7H,8-9,15H2,1-2H3,(H,16,19). The maximum Gasteiger partial charge on any atom is 0.234 e. The van der Waals surface area contributed by atoms with Crippen molar-refractivity contribution < 1.29 is 4.79 Å². The monoisotopic (exact) mass is 258 g/mol. The number of hydrogen-bond donors (Lipinski definition) is 2. The van der Waals surface area contributed by atoms with Crippen LogP contribution in [0.3, 0.4) is 0 Å². The maximum absolute atomic E-state index is 11.2. The fourth-order valence-corrected chi connectivity index (χ4v) is 2.01. The molecule has 1 aromatic carbocycles. The molecular weight excluding hydrogens is 240 g/mol. The van der Waals surface area contributed by atoms with Crippen LogP contribution < -0.4 is 11.1 Å². The molecule has 0 aliphatic carbocycles. The second kappa shape index (κ2) is 5.67. The van der Waals surface area contributed by atoms with Crippen LogP contribution in [0.4, 0.5) is 0 Å². The zero-order valence-electron chi connectivity index (χ0n) is 11.2. The molecule has 0 unspecified atom stereocenters. The fraction of sp³-hybridized carbons (Fsp3) is 0.286. The number of aromatic nitrogens is 2. The number of para-hydroxylation sites is 1. The molecule has 1 amide bonds. The molecule has 3 N–H and O–H groups in total. The van der Waals surface area contributed by atoms with E-state index in [1.165, 1.54) is 0 Å². The van der Waals surface area contributed by atoms with Gasteiger partial charge < -0.3 is 11.1 Å². The molecule has 0 fully saturated rings. The Balaban J connectivity index is 2.27. The summed E-state index contributed by atoms with van der Waals surface area (Å²) in [6.07, 6.45) is 0. The predicted octanol–water partition coefficient (Wildman–Crippen LogP) is 1.06. The van der Waals surface area contributed by atoms with Gasteiger partial charge in [0.2, 0.25) is 5.91 Å². The molecule has 100 valence electrons. The lowest BCUT2D eigenvalue weighted by Gasteiger charge is -2.06. The molecule has 1 heterocycles. The third-order valence-electron chi connectivity index (χ3n) is 3.09. The molecule has 5 nitrogen and oxygen atoms in total. The Morgan fingerprint density at radius 2 is 2.00 bits per heavy atom. The van der Waals surface area contributed by atoms with Gasteiger partial charge in [0, 0.05) is 17.8 Å². The summed E-state index contributed by atoms with van der Waals surface area (Å²) in [5.74, 6) is -0.161. The van der Waals surface area contributed by atoms with Crippen molar-refractivity contribution in [3.63, 3.8) is 0 Å². The van der Waals surface area contributed by atoms with E-state index >= 15 is 0 Å². The molecule has 0 atom stereocenters. The molecule has 5 heteroatoms. The van der Waals surface area contributed by atoms with Gasteiger partial charge >= 0.3 is 0 Å². The molecule has 0 aliphatic heterocycles. The van der Waals surface area contributed by atoms with Crippen LogP contribution in [0.1, 0.15) is 17.0 Å². The fourth-order valence-electron chi connectivity index (χ4n) is 2.01. The Bertz CT molecular complexity index is 575. The summed E-state index contributed by atoms with van der Waals surface area (Å²) in [7, 11) is 0. The topological polar surface area (TPSA) is 72.9 Å². The molecule has 2 aromatic rings. The predicted molar refractivity (Wildman–Crippen MR) is 73.9 cm³/mol. The molecule has 19 heavy (non-hydrogen) atoms. The minimum absolute atomic E-state index is 0.00488. The van der Waals surface area contributed by atoms with Crippen LogP contribution in [-0.2, 0) is 11.3 Å². The number of carbonyl (C=O) groups is 1. The minimum atomic E-state index is -0.161. The Labute approximate surface area is 112 Å². The maximum atomic E-state index is 11.2. The number of nitrogens with zero attached hydrogens (tertiary/aromatic N) is 2. The molecule has 0 aliphatic rings. The zero-order chi connectivity index (χ0) is 13.8. The number of aryl methyl sites for hydroxylation is 1. The van der Waals surface area contributed by atoms with Crippen molar-refractivity contribution in [3.05, 3.63) is 47.3 Å². The number of carbonyl (C=O) groups excluding carboxylic acids is 1. The highest BCUT2D eigenvalue weighted by Gasteiger charge is 2.12. The smallest absolute Gasteiger partial charge is 0.234 e. The third-order valence-corrected chi connectivity index (χ3v) is 3.09. The van der Waals surface area contributed by atoms with Gasteiger partial charge in [-0.2, -0.15) is 5.10 Å². The molecule has 2 rings (SSSR count). The van der Waals surface area contributed by atoms with Crippen molar-refractivity contribution in [3.8, 4) is 5.69 Å². The molecule has 0 spiro atoms. The second-order valence-electron chi connectivity index (χ2n) is 4.38. The lowest BCUT2D eigenvalue weighted by molar-refractivity contribution is -0.119. The number of rotatable bonds is 4. The number of amides is 1. The number of nitrogens with one attached hydrogen (secondary N) is 1. The first-order valence-electron chi connectivity index (χ1n) is 6.20. The van der Waals surface area contributed by atoms with Crippen LogP contribution in [0.25, 0.3) is 5.69 Å². The van der Waals surface area contributed by atoms with Crippen LogP contribution >= 0.6 is 0 Å². The summed E-state index contributed by atoms with van der Waals surface area (Å²) < 4.78 is 1.89. The van der Waals surface area contributed by atoms with Gasteiger partial charge in [-0.05, 0) is 26.0 Å². The van der Waals surface area contributed by atoms with Gasteiger partial charge in [-0.25, -0.2) is 4.68 Å². The van der Waals surface area contributed by atoms with E-state index in [1.54, 1.807) is 0 Å². The Morgan fingerprint density at radius 3 is 2.63 bits per heavy atom. The molecule has 0 saturated heterocycles. The molecule has 0 saturated carbocycles. The lowest BCUT2D eigenvalue weighted by Crippen LogP contribution is -2.30. The Morgan fingerprint density at radius 1 is 1.32 bits per heavy atom. The summed E-state index contributed by atoms with van der Waals surface area (Å²) in [4.78, 5) is 11.2. The van der Waals surface area contributed by atoms with Gasteiger partial charge in [-0.3, -0.25) is 4.79 Å². The van der Waals surface area contributed by atoms with E-state index in [0.717, 1.165) is 22.6 Å². The number of benzene rings is 1. The van der Waals surface area contributed by atoms with Crippen LogP contribution in [-0.4, -0.2) is 22.2 Å². The lowest BCUT2D eigenvalue weighted by atomic mass is 10.2. The van der Waals surface area contributed by atoms with E-state index in [4.69, 9.17) is 5.73 Å². The highest BCUT2D eigenvalue weighted by Crippen LogP contribution is 2.17. The highest BCUT2D eigenvalue weighted by molar-refractivity contribution is 5.77. The molecule has 0 bridgehead atoms. The van der Waals surface area contributed by atoms with Crippen LogP contribution in [0.2, 0.25) is 0 Å². The third kappa shape index (κ3) is 2.82. The summed E-state index contributed by atoms with van der Waals surface area (Å²) >= 11 is 0. The second-order valence-corrected chi connectivity index (χ2v) is 4.38. The van der Waals surface area contributed by atoms with Crippen molar-refractivity contribution in [2.75, 3.05) is 6.54 Å². The van der Waals surface area contributed by atoms with Crippen molar-refractivity contribution in [2.24, 2.45) is 5.73 Å². The first kappa shape index (κ1) is 13.3. The molecule has 0 radical (unpaired) electrons. The Hall–Kier alpha value is -2.14. The summed E-state index contributed by atoms with van der Waals surface area (Å²) in [5.41, 5.74) is 9.27. The first-order valence-corrected chi connectivity index (χ1v) is 6.20. The van der Waals surface area contributed by atoms with Crippen molar-refractivity contribution in [2.45, 2.75) is 20.4 Å². The van der Waals surface area contributed by atoms with Crippen molar-refractivity contribution >= 4 is 5.91 Å². The van der Waals surface area contributed by atoms with E-state index in [-0.39, 0.29) is 12.5 Å². The van der Waals surface area contributed by atoms with Gasteiger partial charge in [-0.1, -0.05) is 18.2 Å². The zero-order valence-corrected chi connectivity index (χ0v) is 11.2. The van der Waals surface area contributed by atoms with E-state index in [9.17, 15) is 4.79 Å². The van der Waals surface area contributed by atoms with Gasteiger partial charge in [0.1, 0.15) is 0 Å². The van der Waals surface area contributed by atoms with Gasteiger partial charge in [0.05, 0.1) is 17.9 Å². The first-order chi connectivity index (χ1) is 9.13. The largest absolute Gasteiger partial charge is 0.351 e. The quantitative estimate of drug-likeness (QED) is 0.861. The molecular formula is C14H18N4O. The summed E-state index contributed by atoms with van der Waals surface area (Å²) in [5, 5.41) is 7.30.